The molecule has 3 heterocycles. The largest absolute Gasteiger partial charge is 0.472 e. The lowest BCUT2D eigenvalue weighted by molar-refractivity contribution is 0.122. The van der Waals surface area contributed by atoms with Crippen molar-refractivity contribution in [3.63, 3.8) is 0 Å². The molecule has 0 radical (unpaired) electrons. The Bertz CT molecular complexity index is 884. The van der Waals surface area contributed by atoms with Gasteiger partial charge in [0, 0.05) is 62.8 Å². The van der Waals surface area contributed by atoms with Crippen molar-refractivity contribution in [1.29, 1.82) is 0 Å². The molecule has 0 unspecified atom stereocenters. The molecule has 2 aromatic rings. The van der Waals surface area contributed by atoms with Crippen molar-refractivity contribution in [2.45, 2.75) is 64.8 Å². The highest BCUT2D eigenvalue weighted by Crippen LogP contribution is 2.49. The number of piperazine rings is 1. The summed E-state index contributed by atoms with van der Waals surface area (Å²) in [5.41, 5.74) is 6.35. The zero-order valence-corrected chi connectivity index (χ0v) is 21.3. The molecular formula is C29H43N3O2. The number of rotatable bonds is 7. The van der Waals surface area contributed by atoms with E-state index in [2.05, 4.69) is 52.8 Å². The van der Waals surface area contributed by atoms with Crippen LogP contribution in [0.5, 0.6) is 0 Å². The van der Waals surface area contributed by atoms with E-state index < -0.39 is 0 Å². The fourth-order valence-corrected chi connectivity index (χ4v) is 6.46. The lowest BCUT2D eigenvalue weighted by Crippen LogP contribution is -2.46. The molecule has 5 rings (SSSR count). The highest BCUT2D eigenvalue weighted by Gasteiger charge is 2.34. The second kappa shape index (κ2) is 10.7. The maximum absolute atomic E-state index is 5.62. The maximum atomic E-state index is 5.62. The second-order valence-electron chi connectivity index (χ2n) is 10.7. The summed E-state index contributed by atoms with van der Waals surface area (Å²) in [6.45, 7) is 13.9. The smallest absolute Gasteiger partial charge is 0.0947 e. The van der Waals surface area contributed by atoms with Gasteiger partial charge in [0.2, 0.25) is 0 Å². The predicted molar refractivity (Wildman–Crippen MR) is 140 cm³/mol. The van der Waals surface area contributed by atoms with E-state index in [1.807, 2.05) is 6.26 Å². The summed E-state index contributed by atoms with van der Waals surface area (Å²) in [6, 6.07) is 9.44. The number of hydrogen-bond donors (Lipinski definition) is 0. The number of anilines is 2. The minimum absolute atomic E-state index is 0.581. The topological polar surface area (TPSA) is 32.1 Å². The van der Waals surface area contributed by atoms with Crippen LogP contribution >= 0.6 is 0 Å². The first kappa shape index (κ1) is 23.7. The third kappa shape index (κ3) is 5.16. The van der Waals surface area contributed by atoms with Gasteiger partial charge in [0.05, 0.1) is 25.7 Å². The summed E-state index contributed by atoms with van der Waals surface area (Å²) >= 11 is 0. The van der Waals surface area contributed by atoms with Gasteiger partial charge in [0.15, 0.2) is 0 Å². The van der Waals surface area contributed by atoms with Gasteiger partial charge in [-0.3, -0.25) is 4.90 Å². The van der Waals surface area contributed by atoms with E-state index in [0.29, 0.717) is 11.3 Å². The van der Waals surface area contributed by atoms with Crippen LogP contribution in [0.4, 0.5) is 11.4 Å². The van der Waals surface area contributed by atoms with Crippen LogP contribution in [-0.2, 0) is 11.3 Å². The standard InChI is InChI=1S/C29H43N3O2/c1-3-29(4-2)10-7-25(8-11-29)27-21-26(31-16-19-33-20-17-31)5-6-28(27)32-14-12-30(13-15-32)22-24-9-18-34-23-24/h5-6,9,18,21,23,25H,3-4,7-8,10-17,19-20,22H2,1-2H3. The first-order chi connectivity index (χ1) is 16.7. The molecule has 5 nitrogen and oxygen atoms in total. The van der Waals surface area contributed by atoms with Gasteiger partial charge in [-0.1, -0.05) is 26.7 Å². The Balaban J connectivity index is 1.34. The molecule has 1 aromatic heterocycles. The van der Waals surface area contributed by atoms with E-state index >= 15 is 0 Å². The Morgan fingerprint density at radius 2 is 1.62 bits per heavy atom. The summed E-state index contributed by atoms with van der Waals surface area (Å²) in [7, 11) is 0. The molecule has 2 aliphatic heterocycles. The van der Waals surface area contributed by atoms with Crippen molar-refractivity contribution in [2.24, 2.45) is 5.41 Å². The molecular weight excluding hydrogens is 422 g/mol. The van der Waals surface area contributed by atoms with Crippen molar-refractivity contribution in [3.8, 4) is 0 Å². The molecule has 34 heavy (non-hydrogen) atoms. The van der Waals surface area contributed by atoms with Crippen LogP contribution in [0, 0.1) is 5.41 Å². The zero-order chi connectivity index (χ0) is 23.4. The molecule has 3 fully saturated rings. The Hall–Kier alpha value is -1.98. The second-order valence-corrected chi connectivity index (χ2v) is 10.7. The van der Waals surface area contributed by atoms with Gasteiger partial charge in [-0.25, -0.2) is 0 Å². The van der Waals surface area contributed by atoms with Gasteiger partial charge in [-0.05, 0) is 66.8 Å². The normalized spacial score (nSPS) is 22.3. The molecule has 3 aliphatic rings. The van der Waals surface area contributed by atoms with Crippen LogP contribution < -0.4 is 9.80 Å². The van der Waals surface area contributed by atoms with Gasteiger partial charge in [0.25, 0.3) is 0 Å². The number of furan rings is 1. The van der Waals surface area contributed by atoms with Gasteiger partial charge in [-0.15, -0.1) is 0 Å². The van der Waals surface area contributed by atoms with Gasteiger partial charge >= 0.3 is 0 Å². The molecule has 2 saturated heterocycles. The summed E-state index contributed by atoms with van der Waals surface area (Å²) < 4.78 is 10.9. The van der Waals surface area contributed by atoms with Crippen LogP contribution in [0.2, 0.25) is 0 Å². The number of benzene rings is 1. The summed E-state index contributed by atoms with van der Waals surface area (Å²) in [4.78, 5) is 7.73. The van der Waals surface area contributed by atoms with Gasteiger partial charge in [-0.2, -0.15) is 0 Å². The number of nitrogens with zero attached hydrogens (tertiary/aromatic N) is 3. The molecule has 0 spiro atoms. The lowest BCUT2D eigenvalue weighted by Gasteiger charge is -2.42. The van der Waals surface area contributed by atoms with Crippen molar-refractivity contribution in [1.82, 2.24) is 4.90 Å². The molecule has 1 aromatic carbocycles. The fourth-order valence-electron chi connectivity index (χ4n) is 6.46. The SMILES string of the molecule is CCC1(CC)CCC(c2cc(N3CCOCC3)ccc2N2CCN(Cc3ccoc3)CC2)CC1. The molecule has 0 atom stereocenters. The number of hydrogen-bond acceptors (Lipinski definition) is 5. The van der Waals surface area contributed by atoms with Crippen LogP contribution in [0.3, 0.4) is 0 Å². The molecule has 5 heteroatoms. The van der Waals surface area contributed by atoms with Crippen molar-refractivity contribution >= 4 is 11.4 Å². The molecule has 1 aliphatic carbocycles. The Labute approximate surface area is 206 Å². The van der Waals surface area contributed by atoms with Crippen LogP contribution in [0.15, 0.2) is 41.2 Å². The molecule has 1 saturated carbocycles. The Morgan fingerprint density at radius 1 is 0.882 bits per heavy atom. The Morgan fingerprint density at radius 3 is 2.26 bits per heavy atom. The van der Waals surface area contributed by atoms with E-state index in [1.54, 1.807) is 11.8 Å². The average molecular weight is 466 g/mol. The quantitative estimate of drug-likeness (QED) is 0.508. The maximum Gasteiger partial charge on any atom is 0.0947 e. The van der Waals surface area contributed by atoms with Gasteiger partial charge < -0.3 is 19.0 Å². The highest BCUT2D eigenvalue weighted by atomic mass is 16.5. The van der Waals surface area contributed by atoms with E-state index in [4.69, 9.17) is 9.15 Å². The minimum Gasteiger partial charge on any atom is -0.472 e. The third-order valence-corrected chi connectivity index (χ3v) is 9.07. The Kier molecular flexibility index (Phi) is 7.50. The average Bonchev–Trinajstić information content (AvgIpc) is 3.42. The van der Waals surface area contributed by atoms with Gasteiger partial charge in [0.1, 0.15) is 0 Å². The van der Waals surface area contributed by atoms with Crippen molar-refractivity contribution in [3.05, 3.63) is 47.9 Å². The first-order valence-corrected chi connectivity index (χ1v) is 13.6. The van der Waals surface area contributed by atoms with Crippen LogP contribution in [0.25, 0.3) is 0 Å². The highest BCUT2D eigenvalue weighted by molar-refractivity contribution is 5.63. The zero-order valence-electron chi connectivity index (χ0n) is 21.3. The van der Waals surface area contributed by atoms with E-state index in [-0.39, 0.29) is 0 Å². The fraction of sp³-hybridized carbons (Fsp3) is 0.655. The van der Waals surface area contributed by atoms with Crippen LogP contribution in [0.1, 0.15) is 69.4 Å². The third-order valence-electron chi connectivity index (χ3n) is 9.07. The van der Waals surface area contributed by atoms with E-state index in [1.165, 1.54) is 55.5 Å². The summed E-state index contributed by atoms with van der Waals surface area (Å²) in [6.07, 6.45) is 11.7. The van der Waals surface area contributed by atoms with E-state index in [0.717, 1.165) is 59.0 Å². The number of morpholine rings is 1. The minimum atomic E-state index is 0.581. The van der Waals surface area contributed by atoms with E-state index in [9.17, 15) is 0 Å². The summed E-state index contributed by atoms with van der Waals surface area (Å²) in [5.74, 6) is 0.686. The van der Waals surface area contributed by atoms with Crippen molar-refractivity contribution < 1.29 is 9.15 Å². The number of ether oxygens (including phenoxy) is 1. The summed E-state index contributed by atoms with van der Waals surface area (Å²) in [5, 5.41) is 0. The first-order valence-electron chi connectivity index (χ1n) is 13.6. The van der Waals surface area contributed by atoms with Crippen LogP contribution in [-0.4, -0.2) is 57.4 Å². The lowest BCUT2D eigenvalue weighted by atomic mass is 9.66. The molecule has 0 bridgehead atoms. The predicted octanol–water partition coefficient (Wildman–Crippen LogP) is 5.90. The molecule has 186 valence electrons. The van der Waals surface area contributed by atoms with Crippen molar-refractivity contribution in [2.75, 3.05) is 62.3 Å². The monoisotopic (exact) mass is 465 g/mol. The molecule has 0 N–H and O–H groups in total. The molecule has 0 amide bonds.